The van der Waals surface area contributed by atoms with Gasteiger partial charge in [-0.3, -0.25) is 4.79 Å². The first kappa shape index (κ1) is 15.8. The third kappa shape index (κ3) is 3.95. The van der Waals surface area contributed by atoms with Crippen molar-refractivity contribution in [3.63, 3.8) is 0 Å². The number of nitrogens with one attached hydrogen (secondary N) is 1. The summed E-state index contributed by atoms with van der Waals surface area (Å²) in [6.45, 7) is 1.01. The summed E-state index contributed by atoms with van der Waals surface area (Å²) in [4.78, 5) is 12.0. The third-order valence-corrected chi connectivity index (χ3v) is 3.73. The molecule has 1 amide bonds. The second kappa shape index (κ2) is 7.43. The van der Waals surface area contributed by atoms with Crippen molar-refractivity contribution < 1.29 is 14.3 Å². The van der Waals surface area contributed by atoms with Gasteiger partial charge in [0.1, 0.15) is 5.75 Å². The van der Waals surface area contributed by atoms with Crippen LogP contribution >= 0.6 is 15.9 Å². The van der Waals surface area contributed by atoms with Crippen LogP contribution in [0.1, 0.15) is 5.56 Å². The van der Waals surface area contributed by atoms with E-state index in [0.717, 1.165) is 26.6 Å². The molecule has 0 aliphatic heterocycles. The lowest BCUT2D eigenvalue weighted by Crippen LogP contribution is -2.28. The second-order valence-electron chi connectivity index (χ2n) is 4.63. The standard InChI is InChI=1S/C16H18BrNO3/c1-20-8-7-18-16(19)10-14-13-5-4-12(17)9-11(13)3-6-15(14)21-2/h3-6,9H,7-8,10H2,1-2H3,(H,18,19). The van der Waals surface area contributed by atoms with Gasteiger partial charge in [0.15, 0.2) is 0 Å². The summed E-state index contributed by atoms with van der Waals surface area (Å²) in [6.07, 6.45) is 0.284. The average Bonchev–Trinajstić information content (AvgIpc) is 2.47. The molecule has 0 unspecified atom stereocenters. The summed E-state index contributed by atoms with van der Waals surface area (Å²) >= 11 is 3.46. The quantitative estimate of drug-likeness (QED) is 0.814. The van der Waals surface area contributed by atoms with E-state index in [1.807, 2.05) is 30.3 Å². The largest absolute Gasteiger partial charge is 0.496 e. The molecule has 0 bridgehead atoms. The number of methoxy groups -OCH3 is 2. The summed E-state index contributed by atoms with van der Waals surface area (Å²) in [5.41, 5.74) is 0.900. The van der Waals surface area contributed by atoms with E-state index in [4.69, 9.17) is 9.47 Å². The zero-order valence-electron chi connectivity index (χ0n) is 12.1. The third-order valence-electron chi connectivity index (χ3n) is 3.24. The molecule has 112 valence electrons. The van der Waals surface area contributed by atoms with Crippen LogP contribution in [0.2, 0.25) is 0 Å². The number of benzene rings is 2. The van der Waals surface area contributed by atoms with Gasteiger partial charge in [0.25, 0.3) is 0 Å². The van der Waals surface area contributed by atoms with Gasteiger partial charge in [-0.25, -0.2) is 0 Å². The summed E-state index contributed by atoms with van der Waals surface area (Å²) < 4.78 is 11.3. The molecule has 0 aliphatic carbocycles. The van der Waals surface area contributed by atoms with Crippen LogP contribution in [-0.4, -0.2) is 33.3 Å². The van der Waals surface area contributed by atoms with Crippen molar-refractivity contribution in [2.75, 3.05) is 27.4 Å². The topological polar surface area (TPSA) is 47.6 Å². The maximum atomic E-state index is 12.0. The van der Waals surface area contributed by atoms with Crippen molar-refractivity contribution in [2.24, 2.45) is 0 Å². The van der Waals surface area contributed by atoms with Gasteiger partial charge in [-0.1, -0.05) is 28.1 Å². The SMILES string of the molecule is COCCNC(=O)Cc1c(OC)ccc2cc(Br)ccc12. The van der Waals surface area contributed by atoms with Crippen molar-refractivity contribution in [3.05, 3.63) is 40.4 Å². The molecule has 0 saturated heterocycles. The molecule has 0 aliphatic rings. The van der Waals surface area contributed by atoms with Crippen LogP contribution in [0.25, 0.3) is 10.8 Å². The molecule has 0 heterocycles. The van der Waals surface area contributed by atoms with E-state index >= 15 is 0 Å². The lowest BCUT2D eigenvalue weighted by Gasteiger charge is -2.12. The van der Waals surface area contributed by atoms with E-state index < -0.39 is 0 Å². The van der Waals surface area contributed by atoms with Crippen molar-refractivity contribution in [2.45, 2.75) is 6.42 Å². The van der Waals surface area contributed by atoms with Gasteiger partial charge in [-0.15, -0.1) is 0 Å². The molecular formula is C16H18BrNO3. The Bertz CT molecular complexity index is 643. The fourth-order valence-electron chi connectivity index (χ4n) is 2.23. The Hall–Kier alpha value is -1.59. The zero-order chi connectivity index (χ0) is 15.2. The smallest absolute Gasteiger partial charge is 0.224 e. The van der Waals surface area contributed by atoms with E-state index in [9.17, 15) is 4.79 Å². The second-order valence-corrected chi connectivity index (χ2v) is 5.55. The van der Waals surface area contributed by atoms with E-state index in [-0.39, 0.29) is 12.3 Å². The number of hydrogen-bond donors (Lipinski definition) is 1. The number of amides is 1. The lowest BCUT2D eigenvalue weighted by atomic mass is 10.0. The molecule has 1 N–H and O–H groups in total. The monoisotopic (exact) mass is 351 g/mol. The van der Waals surface area contributed by atoms with Crippen molar-refractivity contribution in [1.29, 1.82) is 0 Å². The number of rotatable bonds is 6. The van der Waals surface area contributed by atoms with E-state index in [0.29, 0.717) is 13.2 Å². The highest BCUT2D eigenvalue weighted by Crippen LogP contribution is 2.30. The first-order valence-electron chi connectivity index (χ1n) is 6.66. The molecule has 0 aromatic heterocycles. The number of carbonyl (C=O) groups excluding carboxylic acids is 1. The molecular weight excluding hydrogens is 334 g/mol. The van der Waals surface area contributed by atoms with Crippen LogP contribution in [0.4, 0.5) is 0 Å². The minimum absolute atomic E-state index is 0.0410. The highest BCUT2D eigenvalue weighted by molar-refractivity contribution is 9.10. The molecule has 0 radical (unpaired) electrons. The van der Waals surface area contributed by atoms with Gasteiger partial charge < -0.3 is 14.8 Å². The lowest BCUT2D eigenvalue weighted by molar-refractivity contribution is -0.120. The highest BCUT2D eigenvalue weighted by atomic mass is 79.9. The fraction of sp³-hybridized carbons (Fsp3) is 0.312. The van der Waals surface area contributed by atoms with Crippen LogP contribution in [0, 0.1) is 0 Å². The number of hydrogen-bond acceptors (Lipinski definition) is 3. The summed E-state index contributed by atoms with van der Waals surface area (Å²) in [5.74, 6) is 0.687. The Labute approximate surface area is 132 Å². The van der Waals surface area contributed by atoms with Crippen LogP contribution in [0.5, 0.6) is 5.75 Å². The van der Waals surface area contributed by atoms with Crippen molar-refractivity contribution in [1.82, 2.24) is 5.32 Å². The maximum absolute atomic E-state index is 12.0. The number of fused-ring (bicyclic) bond motifs is 1. The molecule has 2 aromatic carbocycles. The summed E-state index contributed by atoms with van der Waals surface area (Å²) in [7, 11) is 3.23. The Balaban J connectivity index is 2.29. The average molecular weight is 352 g/mol. The molecule has 5 heteroatoms. The number of ether oxygens (including phenoxy) is 2. The minimum Gasteiger partial charge on any atom is -0.496 e. The molecule has 2 rings (SSSR count). The fourth-order valence-corrected chi connectivity index (χ4v) is 2.61. The van der Waals surface area contributed by atoms with Crippen LogP contribution in [-0.2, 0) is 16.0 Å². The Morgan fingerprint density at radius 3 is 2.76 bits per heavy atom. The number of halogens is 1. The Morgan fingerprint density at radius 2 is 2.05 bits per heavy atom. The Kier molecular flexibility index (Phi) is 5.59. The molecule has 4 nitrogen and oxygen atoms in total. The van der Waals surface area contributed by atoms with Crippen LogP contribution in [0.15, 0.2) is 34.8 Å². The Morgan fingerprint density at radius 1 is 1.24 bits per heavy atom. The highest BCUT2D eigenvalue weighted by Gasteiger charge is 2.12. The first-order chi connectivity index (χ1) is 10.2. The van der Waals surface area contributed by atoms with Gasteiger partial charge in [-0.2, -0.15) is 0 Å². The van der Waals surface area contributed by atoms with Gasteiger partial charge in [0.05, 0.1) is 20.1 Å². The maximum Gasteiger partial charge on any atom is 0.224 e. The predicted molar refractivity (Wildman–Crippen MR) is 86.8 cm³/mol. The van der Waals surface area contributed by atoms with Gasteiger partial charge >= 0.3 is 0 Å². The van der Waals surface area contributed by atoms with Crippen LogP contribution < -0.4 is 10.1 Å². The first-order valence-corrected chi connectivity index (χ1v) is 7.45. The van der Waals surface area contributed by atoms with Crippen molar-refractivity contribution in [3.8, 4) is 5.75 Å². The molecule has 0 spiro atoms. The zero-order valence-corrected chi connectivity index (χ0v) is 13.7. The van der Waals surface area contributed by atoms with Crippen LogP contribution in [0.3, 0.4) is 0 Å². The normalized spacial score (nSPS) is 10.6. The molecule has 21 heavy (non-hydrogen) atoms. The van der Waals surface area contributed by atoms with Gasteiger partial charge in [-0.05, 0) is 29.0 Å². The van der Waals surface area contributed by atoms with Gasteiger partial charge in [0.2, 0.25) is 5.91 Å². The number of carbonyl (C=O) groups is 1. The predicted octanol–water partition coefficient (Wildman–Crippen LogP) is 2.92. The summed E-state index contributed by atoms with van der Waals surface area (Å²) in [6, 6.07) is 9.88. The van der Waals surface area contributed by atoms with Gasteiger partial charge in [0, 0.05) is 23.7 Å². The molecule has 0 fully saturated rings. The molecule has 0 saturated carbocycles. The van der Waals surface area contributed by atoms with E-state index in [1.165, 1.54) is 0 Å². The van der Waals surface area contributed by atoms with E-state index in [1.54, 1.807) is 14.2 Å². The van der Waals surface area contributed by atoms with Crippen molar-refractivity contribution >= 4 is 32.6 Å². The van der Waals surface area contributed by atoms with E-state index in [2.05, 4.69) is 21.2 Å². The summed E-state index contributed by atoms with van der Waals surface area (Å²) in [5, 5.41) is 4.93. The minimum atomic E-state index is -0.0410. The molecule has 2 aromatic rings. The molecule has 0 atom stereocenters.